The maximum Gasteiger partial charge on any atom is 0.293 e. The van der Waals surface area contributed by atoms with E-state index in [4.69, 9.17) is 18.9 Å². The number of rotatable bonds is 16. The average molecular weight is 575 g/mol. The van der Waals surface area contributed by atoms with Gasteiger partial charge in [0.25, 0.3) is 6.47 Å². The molecule has 8 nitrogen and oxygen atoms in total. The molecule has 0 spiro atoms. The molecular formula is C34H42N2O6. The summed E-state index contributed by atoms with van der Waals surface area (Å²) in [7, 11) is 5.21. The van der Waals surface area contributed by atoms with Gasteiger partial charge in [0.2, 0.25) is 5.91 Å². The second-order valence-corrected chi connectivity index (χ2v) is 10.6. The van der Waals surface area contributed by atoms with Crippen LogP contribution in [0.4, 0.5) is 0 Å². The molecule has 1 aliphatic rings. The molecule has 1 fully saturated rings. The number of carbonyl (C=O) groups excluding carboxylic acids is 2. The smallest absolute Gasteiger partial charge is 0.293 e. The summed E-state index contributed by atoms with van der Waals surface area (Å²) >= 11 is 0. The number of methoxy groups -OCH3 is 2. The molecule has 3 aromatic carbocycles. The number of nitrogens with zero attached hydrogens (tertiary/aromatic N) is 1. The number of ether oxygens (including phenoxy) is 4. The molecule has 0 aromatic heterocycles. The Morgan fingerprint density at radius 3 is 2.00 bits per heavy atom. The maximum absolute atomic E-state index is 13.1. The molecule has 1 heterocycles. The van der Waals surface area contributed by atoms with Gasteiger partial charge in [-0.3, -0.25) is 9.59 Å². The lowest BCUT2D eigenvalue weighted by Gasteiger charge is -2.37. The van der Waals surface area contributed by atoms with Gasteiger partial charge in [-0.15, -0.1) is 0 Å². The maximum atomic E-state index is 13.1. The van der Waals surface area contributed by atoms with Crippen molar-refractivity contribution in [2.75, 3.05) is 47.5 Å². The largest absolute Gasteiger partial charge is 0.497 e. The molecule has 42 heavy (non-hydrogen) atoms. The Labute approximate surface area is 248 Å². The number of likely N-dealkylation sites (tertiary alicyclic amines) is 1. The molecule has 1 N–H and O–H groups in total. The van der Waals surface area contributed by atoms with Crippen LogP contribution in [-0.2, 0) is 24.7 Å². The molecule has 0 bridgehead atoms. The van der Waals surface area contributed by atoms with Crippen molar-refractivity contribution in [1.29, 1.82) is 0 Å². The van der Waals surface area contributed by atoms with Gasteiger partial charge in [-0.05, 0) is 67.4 Å². The zero-order chi connectivity index (χ0) is 29.8. The molecule has 3 aromatic rings. The van der Waals surface area contributed by atoms with Crippen LogP contribution in [0.15, 0.2) is 78.9 Å². The molecule has 8 heteroatoms. The van der Waals surface area contributed by atoms with Crippen LogP contribution in [0.3, 0.4) is 0 Å². The highest BCUT2D eigenvalue weighted by Gasteiger charge is 2.42. The van der Waals surface area contributed by atoms with E-state index >= 15 is 0 Å². The molecule has 0 aliphatic carbocycles. The summed E-state index contributed by atoms with van der Waals surface area (Å²) in [6, 6.07) is 25.8. The summed E-state index contributed by atoms with van der Waals surface area (Å²) in [5.74, 6) is 1.38. The monoisotopic (exact) mass is 574 g/mol. The van der Waals surface area contributed by atoms with Crippen molar-refractivity contribution in [2.24, 2.45) is 5.92 Å². The van der Waals surface area contributed by atoms with E-state index in [0.717, 1.165) is 54.0 Å². The zero-order valence-corrected chi connectivity index (χ0v) is 24.8. The first kappa shape index (κ1) is 31.1. The van der Waals surface area contributed by atoms with Crippen LogP contribution < -0.4 is 14.8 Å². The van der Waals surface area contributed by atoms with Crippen molar-refractivity contribution in [3.8, 4) is 11.5 Å². The van der Waals surface area contributed by atoms with Crippen molar-refractivity contribution in [3.05, 3.63) is 95.6 Å². The lowest BCUT2D eigenvalue weighted by Crippen LogP contribution is -2.37. The summed E-state index contributed by atoms with van der Waals surface area (Å²) in [5, 5.41) is 3.14. The Balaban J connectivity index is 1.65. The standard InChI is InChI=1S/C34H42N2O6/c1-35-21-9-5-8-12-33(38)36-22-26(32(23-36)41-25-37)24-42-34(27-10-6-4-7-11-27,28-13-17-30(39-2)18-14-28)29-15-19-31(40-3)20-16-29/h4,6-7,10-11,13-20,25-26,32,35H,5,8-9,12,21-24H2,1-3H3. The van der Waals surface area contributed by atoms with Gasteiger partial charge < -0.3 is 29.2 Å². The average Bonchev–Trinajstić information content (AvgIpc) is 3.45. The second-order valence-electron chi connectivity index (χ2n) is 10.6. The fourth-order valence-electron chi connectivity index (χ4n) is 5.65. The first-order chi connectivity index (χ1) is 20.5. The van der Waals surface area contributed by atoms with Gasteiger partial charge in [-0.25, -0.2) is 0 Å². The third-order valence-electron chi connectivity index (χ3n) is 7.97. The predicted molar refractivity (Wildman–Crippen MR) is 162 cm³/mol. The fourth-order valence-corrected chi connectivity index (χ4v) is 5.65. The molecule has 2 unspecified atom stereocenters. The molecular weight excluding hydrogens is 532 g/mol. The SMILES string of the molecule is CNCCCCCC(=O)N1CC(COC(c2ccccc2)(c2ccc(OC)cc2)c2ccc(OC)cc2)C(OC=O)C1. The summed E-state index contributed by atoms with van der Waals surface area (Å²) in [6.07, 6.45) is 2.90. The van der Waals surface area contributed by atoms with Crippen LogP contribution in [0.5, 0.6) is 11.5 Å². The van der Waals surface area contributed by atoms with Gasteiger partial charge in [0.05, 0.1) is 27.4 Å². The summed E-state index contributed by atoms with van der Waals surface area (Å²) in [4.78, 5) is 26.3. The number of nitrogens with one attached hydrogen (secondary N) is 1. The van der Waals surface area contributed by atoms with E-state index < -0.39 is 11.7 Å². The number of benzene rings is 3. The highest BCUT2D eigenvalue weighted by molar-refractivity contribution is 5.76. The van der Waals surface area contributed by atoms with Crippen molar-refractivity contribution in [3.63, 3.8) is 0 Å². The number of hydrogen-bond donors (Lipinski definition) is 1. The molecule has 2 atom stereocenters. The summed E-state index contributed by atoms with van der Waals surface area (Å²) in [6.45, 7) is 2.51. The lowest BCUT2D eigenvalue weighted by molar-refractivity contribution is -0.137. The van der Waals surface area contributed by atoms with Crippen molar-refractivity contribution in [1.82, 2.24) is 10.2 Å². The minimum atomic E-state index is -0.990. The van der Waals surface area contributed by atoms with Gasteiger partial charge in [0, 0.05) is 18.9 Å². The van der Waals surface area contributed by atoms with Crippen molar-refractivity contribution < 1.29 is 28.5 Å². The Morgan fingerprint density at radius 2 is 1.45 bits per heavy atom. The highest BCUT2D eigenvalue weighted by atomic mass is 16.5. The van der Waals surface area contributed by atoms with Gasteiger partial charge >= 0.3 is 0 Å². The van der Waals surface area contributed by atoms with E-state index in [-0.39, 0.29) is 18.4 Å². The van der Waals surface area contributed by atoms with E-state index in [0.29, 0.717) is 26.0 Å². The summed E-state index contributed by atoms with van der Waals surface area (Å²) < 4.78 is 23.4. The van der Waals surface area contributed by atoms with E-state index in [9.17, 15) is 9.59 Å². The first-order valence-electron chi connectivity index (χ1n) is 14.6. The number of amides is 1. The lowest BCUT2D eigenvalue weighted by atomic mass is 9.80. The first-order valence-corrected chi connectivity index (χ1v) is 14.6. The molecule has 0 radical (unpaired) electrons. The topological polar surface area (TPSA) is 86.3 Å². The highest BCUT2D eigenvalue weighted by Crippen LogP contribution is 2.42. The van der Waals surface area contributed by atoms with Gasteiger partial charge in [-0.2, -0.15) is 0 Å². The van der Waals surface area contributed by atoms with Crippen molar-refractivity contribution in [2.45, 2.75) is 37.4 Å². The Kier molecular flexibility index (Phi) is 11.4. The predicted octanol–water partition coefficient (Wildman–Crippen LogP) is 4.79. The normalized spacial score (nSPS) is 16.7. The van der Waals surface area contributed by atoms with E-state index in [2.05, 4.69) is 5.32 Å². The molecule has 1 amide bonds. The van der Waals surface area contributed by atoms with Crippen LogP contribution in [0.2, 0.25) is 0 Å². The third kappa shape index (κ3) is 7.30. The van der Waals surface area contributed by atoms with Crippen molar-refractivity contribution >= 4 is 12.4 Å². The van der Waals surface area contributed by atoms with Crippen LogP contribution in [0.1, 0.15) is 42.4 Å². The zero-order valence-electron chi connectivity index (χ0n) is 24.8. The quantitative estimate of drug-likeness (QED) is 0.150. The molecule has 0 saturated carbocycles. The number of unbranched alkanes of at least 4 members (excludes halogenated alkanes) is 2. The second kappa shape index (κ2) is 15.4. The van der Waals surface area contributed by atoms with Crippen LogP contribution >= 0.6 is 0 Å². The minimum Gasteiger partial charge on any atom is -0.497 e. The summed E-state index contributed by atoms with van der Waals surface area (Å²) in [5.41, 5.74) is 1.79. The molecule has 1 saturated heterocycles. The van der Waals surface area contributed by atoms with Gasteiger partial charge in [0.15, 0.2) is 0 Å². The molecule has 4 rings (SSSR count). The van der Waals surface area contributed by atoms with Gasteiger partial charge in [0.1, 0.15) is 23.2 Å². The number of carbonyl (C=O) groups is 2. The van der Waals surface area contributed by atoms with Crippen LogP contribution in [-0.4, -0.2) is 70.9 Å². The fraction of sp³-hybridized carbons (Fsp3) is 0.412. The van der Waals surface area contributed by atoms with E-state index in [1.54, 1.807) is 14.2 Å². The van der Waals surface area contributed by atoms with Crippen LogP contribution in [0.25, 0.3) is 0 Å². The Bertz CT molecular complexity index is 1200. The van der Waals surface area contributed by atoms with E-state index in [1.165, 1.54) is 0 Å². The minimum absolute atomic E-state index is 0.0843. The Morgan fingerprint density at radius 1 is 0.857 bits per heavy atom. The molecule has 1 aliphatic heterocycles. The van der Waals surface area contributed by atoms with E-state index in [1.807, 2.05) is 90.8 Å². The van der Waals surface area contributed by atoms with Gasteiger partial charge in [-0.1, -0.05) is 61.0 Å². The van der Waals surface area contributed by atoms with Crippen LogP contribution in [0, 0.1) is 5.92 Å². The number of hydrogen-bond acceptors (Lipinski definition) is 7. The molecule has 224 valence electrons. The Hall–Kier alpha value is -3.88. The third-order valence-corrected chi connectivity index (χ3v) is 7.97.